The number of nitrogens with two attached hydrogens (primary N) is 1. The van der Waals surface area contributed by atoms with E-state index in [2.05, 4.69) is 16.4 Å². The number of halogens is 1. The van der Waals surface area contributed by atoms with Gasteiger partial charge in [-0.05, 0) is 30.0 Å². The van der Waals surface area contributed by atoms with Crippen molar-refractivity contribution in [1.29, 1.82) is 0 Å². The molecular weight excluding hydrogens is 266 g/mol. The van der Waals surface area contributed by atoms with Crippen molar-refractivity contribution < 1.29 is 0 Å². The number of anilines is 1. The highest BCUT2D eigenvalue weighted by molar-refractivity contribution is 7.15. The van der Waals surface area contributed by atoms with Crippen LogP contribution < -0.4 is 11.1 Å². The summed E-state index contributed by atoms with van der Waals surface area (Å²) in [6, 6.07) is 6.54. The summed E-state index contributed by atoms with van der Waals surface area (Å²) < 4.78 is 0. The molecule has 3 N–H and O–H groups in total. The normalized spacial score (nSPS) is 17.9. The fraction of sp³-hybridized carbons (Fsp3) is 0.308. The van der Waals surface area contributed by atoms with Crippen LogP contribution in [0.5, 0.6) is 0 Å². The van der Waals surface area contributed by atoms with Gasteiger partial charge >= 0.3 is 0 Å². The van der Waals surface area contributed by atoms with Gasteiger partial charge < -0.3 is 11.1 Å². The summed E-state index contributed by atoms with van der Waals surface area (Å²) in [5, 5.41) is 5.07. The number of hydrogen-bond acceptors (Lipinski definition) is 4. The fourth-order valence-corrected chi connectivity index (χ4v) is 3.36. The van der Waals surface area contributed by atoms with Crippen LogP contribution in [0.25, 0.3) is 0 Å². The summed E-state index contributed by atoms with van der Waals surface area (Å²) in [6.07, 6.45) is 3.99. The highest BCUT2D eigenvalue weighted by Crippen LogP contribution is 2.35. The van der Waals surface area contributed by atoms with Crippen LogP contribution in [0.1, 0.15) is 28.5 Å². The van der Waals surface area contributed by atoms with E-state index in [0.29, 0.717) is 11.2 Å². The Bertz CT molecular complexity index is 567. The first-order valence-electron chi connectivity index (χ1n) is 5.95. The van der Waals surface area contributed by atoms with Gasteiger partial charge in [0.15, 0.2) is 5.13 Å². The lowest BCUT2D eigenvalue weighted by atomic mass is 10.1. The van der Waals surface area contributed by atoms with Crippen molar-refractivity contribution in [3.05, 3.63) is 45.4 Å². The zero-order valence-corrected chi connectivity index (χ0v) is 11.4. The molecule has 1 unspecified atom stereocenters. The molecule has 1 atom stereocenters. The number of benzene rings is 1. The van der Waals surface area contributed by atoms with Crippen molar-refractivity contribution in [2.24, 2.45) is 0 Å². The second-order valence-electron chi connectivity index (χ2n) is 4.44. The van der Waals surface area contributed by atoms with Crippen molar-refractivity contribution in [1.82, 2.24) is 10.3 Å². The molecule has 3 nitrogen and oxygen atoms in total. The molecule has 1 aliphatic carbocycles. The lowest BCUT2D eigenvalue weighted by Crippen LogP contribution is -2.17. The zero-order valence-electron chi connectivity index (χ0n) is 9.82. The third-order valence-electron chi connectivity index (χ3n) is 3.31. The van der Waals surface area contributed by atoms with E-state index < -0.39 is 0 Å². The maximum Gasteiger partial charge on any atom is 0.180 e. The van der Waals surface area contributed by atoms with Crippen molar-refractivity contribution >= 4 is 28.1 Å². The Balaban J connectivity index is 1.71. The highest BCUT2D eigenvalue weighted by Gasteiger charge is 2.23. The van der Waals surface area contributed by atoms with E-state index >= 15 is 0 Å². The summed E-state index contributed by atoms with van der Waals surface area (Å²) >= 11 is 7.74. The summed E-state index contributed by atoms with van der Waals surface area (Å²) in [4.78, 5) is 5.22. The maximum atomic E-state index is 6.20. The number of nitrogen functional groups attached to an aromatic ring is 1. The van der Waals surface area contributed by atoms with Crippen molar-refractivity contribution in [2.45, 2.75) is 25.4 Å². The van der Waals surface area contributed by atoms with Gasteiger partial charge in [-0.2, -0.15) is 0 Å². The number of rotatable bonds is 3. The average molecular weight is 280 g/mol. The zero-order chi connectivity index (χ0) is 12.5. The average Bonchev–Trinajstić information content (AvgIpc) is 2.94. The van der Waals surface area contributed by atoms with Crippen LogP contribution in [0.3, 0.4) is 0 Å². The Morgan fingerprint density at radius 3 is 3.17 bits per heavy atom. The lowest BCUT2D eigenvalue weighted by Gasteiger charge is -2.13. The molecular formula is C13H14ClN3S. The van der Waals surface area contributed by atoms with Gasteiger partial charge in [0.25, 0.3) is 0 Å². The van der Waals surface area contributed by atoms with E-state index in [9.17, 15) is 0 Å². The summed E-state index contributed by atoms with van der Waals surface area (Å²) in [7, 11) is 0. The van der Waals surface area contributed by atoms with Crippen LogP contribution in [0.15, 0.2) is 24.4 Å². The van der Waals surface area contributed by atoms with Crippen LogP contribution in [0, 0.1) is 0 Å². The Kier molecular flexibility index (Phi) is 3.24. The van der Waals surface area contributed by atoms with E-state index in [-0.39, 0.29) is 0 Å². The first kappa shape index (κ1) is 12.0. The first-order valence-corrected chi connectivity index (χ1v) is 7.14. The smallest absolute Gasteiger partial charge is 0.180 e. The van der Waals surface area contributed by atoms with E-state index in [4.69, 9.17) is 17.3 Å². The van der Waals surface area contributed by atoms with Gasteiger partial charge in [-0.1, -0.05) is 23.7 Å². The number of aromatic nitrogens is 1. The molecule has 1 aromatic carbocycles. The predicted octanol–water partition coefficient (Wildman–Crippen LogP) is 3.16. The molecule has 0 radical (unpaired) electrons. The van der Waals surface area contributed by atoms with Crippen molar-refractivity contribution in [3.63, 3.8) is 0 Å². The summed E-state index contributed by atoms with van der Waals surface area (Å²) in [5.74, 6) is 0. The number of nitrogens with zero attached hydrogens (tertiary/aromatic N) is 1. The van der Waals surface area contributed by atoms with E-state index in [1.807, 2.05) is 18.3 Å². The SMILES string of the molecule is Nc1ncc(CNC2CCc3c(Cl)cccc32)s1. The van der Waals surface area contributed by atoms with Gasteiger partial charge in [-0.25, -0.2) is 4.98 Å². The number of hydrogen-bond donors (Lipinski definition) is 2. The molecule has 3 rings (SSSR count). The number of thiazole rings is 1. The van der Waals surface area contributed by atoms with Crippen molar-refractivity contribution in [2.75, 3.05) is 5.73 Å². The second kappa shape index (κ2) is 4.88. The fourth-order valence-electron chi connectivity index (χ4n) is 2.45. The number of nitrogens with one attached hydrogen (secondary N) is 1. The minimum atomic E-state index is 0.391. The first-order chi connectivity index (χ1) is 8.74. The molecule has 0 spiro atoms. The lowest BCUT2D eigenvalue weighted by molar-refractivity contribution is 0.533. The summed E-state index contributed by atoms with van der Waals surface area (Å²) in [5.41, 5.74) is 8.25. The van der Waals surface area contributed by atoms with E-state index in [1.54, 1.807) is 0 Å². The molecule has 0 bridgehead atoms. The monoisotopic (exact) mass is 279 g/mol. The summed E-state index contributed by atoms with van der Waals surface area (Å²) in [6.45, 7) is 0.811. The molecule has 0 saturated carbocycles. The van der Waals surface area contributed by atoms with Crippen LogP contribution >= 0.6 is 22.9 Å². The van der Waals surface area contributed by atoms with Crippen molar-refractivity contribution in [3.8, 4) is 0 Å². The van der Waals surface area contributed by atoms with Gasteiger partial charge in [-0.15, -0.1) is 11.3 Å². The third-order valence-corrected chi connectivity index (χ3v) is 4.49. The molecule has 0 amide bonds. The Morgan fingerprint density at radius 2 is 2.39 bits per heavy atom. The molecule has 1 aromatic heterocycles. The molecule has 0 fully saturated rings. The van der Waals surface area contributed by atoms with Gasteiger partial charge in [0, 0.05) is 28.7 Å². The molecule has 18 heavy (non-hydrogen) atoms. The molecule has 2 aromatic rings. The Hall–Kier alpha value is -1.10. The molecule has 94 valence electrons. The highest BCUT2D eigenvalue weighted by atomic mass is 35.5. The van der Waals surface area contributed by atoms with Gasteiger partial charge in [-0.3, -0.25) is 0 Å². The number of fused-ring (bicyclic) bond motifs is 1. The van der Waals surface area contributed by atoms with E-state index in [0.717, 1.165) is 24.4 Å². The van der Waals surface area contributed by atoms with Gasteiger partial charge in [0.05, 0.1) is 0 Å². The van der Waals surface area contributed by atoms with E-state index in [1.165, 1.54) is 27.3 Å². The quantitative estimate of drug-likeness (QED) is 0.907. The maximum absolute atomic E-state index is 6.20. The molecule has 0 saturated heterocycles. The van der Waals surface area contributed by atoms with Crippen LogP contribution in [0.4, 0.5) is 5.13 Å². The third kappa shape index (κ3) is 2.23. The Morgan fingerprint density at radius 1 is 1.50 bits per heavy atom. The topological polar surface area (TPSA) is 50.9 Å². The standard InChI is InChI=1S/C13H14ClN3S/c14-11-3-1-2-10-9(11)4-5-12(10)16-6-8-7-17-13(15)18-8/h1-3,7,12,16H,4-6H2,(H2,15,17). The largest absolute Gasteiger partial charge is 0.375 e. The van der Waals surface area contributed by atoms with Crippen LogP contribution in [0.2, 0.25) is 5.02 Å². The molecule has 1 heterocycles. The van der Waals surface area contributed by atoms with Crippen LogP contribution in [-0.4, -0.2) is 4.98 Å². The Labute approximate surface area is 115 Å². The second-order valence-corrected chi connectivity index (χ2v) is 6.00. The van der Waals surface area contributed by atoms with Gasteiger partial charge in [0.2, 0.25) is 0 Å². The molecule has 0 aliphatic heterocycles. The van der Waals surface area contributed by atoms with Crippen LogP contribution in [-0.2, 0) is 13.0 Å². The minimum Gasteiger partial charge on any atom is -0.375 e. The molecule has 1 aliphatic rings. The predicted molar refractivity (Wildman–Crippen MR) is 75.9 cm³/mol. The molecule has 5 heteroatoms. The minimum absolute atomic E-state index is 0.391. The van der Waals surface area contributed by atoms with Gasteiger partial charge in [0.1, 0.15) is 0 Å².